The molecule has 1 aliphatic heterocycles. The molecule has 3 rings (SSSR count). The molecular formula is C16H19N5O. The molecular weight excluding hydrogens is 278 g/mol. The lowest BCUT2D eigenvalue weighted by Gasteiger charge is -2.32. The van der Waals surface area contributed by atoms with Gasteiger partial charge >= 0.3 is 0 Å². The number of likely N-dealkylation sites (tertiary alicyclic amines) is 1. The third-order valence-corrected chi connectivity index (χ3v) is 3.90. The monoisotopic (exact) mass is 297 g/mol. The summed E-state index contributed by atoms with van der Waals surface area (Å²) in [5, 5.41) is 0. The van der Waals surface area contributed by atoms with Gasteiger partial charge in [-0.1, -0.05) is 0 Å². The summed E-state index contributed by atoms with van der Waals surface area (Å²) in [6, 6.07) is 0. The number of carbonyl (C=O) groups excluding carboxylic acids is 1. The average molecular weight is 297 g/mol. The van der Waals surface area contributed by atoms with Crippen LogP contribution >= 0.6 is 0 Å². The largest absolute Gasteiger partial charge is 0.337 e. The number of aromatic nitrogens is 4. The lowest BCUT2D eigenvalue weighted by molar-refractivity contribution is 0.0699. The van der Waals surface area contributed by atoms with Crippen molar-refractivity contribution in [3.8, 4) is 0 Å². The molecule has 0 spiro atoms. The molecule has 114 valence electrons. The van der Waals surface area contributed by atoms with Crippen LogP contribution in [-0.2, 0) is 0 Å². The van der Waals surface area contributed by atoms with E-state index in [2.05, 4.69) is 19.9 Å². The van der Waals surface area contributed by atoms with Crippen LogP contribution in [0.15, 0.2) is 24.8 Å². The fraction of sp³-hybridized carbons (Fsp3) is 0.438. The van der Waals surface area contributed by atoms with Crippen molar-refractivity contribution in [1.29, 1.82) is 0 Å². The molecule has 0 aromatic carbocycles. The molecule has 0 N–H and O–H groups in total. The zero-order chi connectivity index (χ0) is 15.5. The van der Waals surface area contributed by atoms with Gasteiger partial charge in [0.05, 0.1) is 23.3 Å². The van der Waals surface area contributed by atoms with E-state index in [-0.39, 0.29) is 11.8 Å². The quantitative estimate of drug-likeness (QED) is 0.846. The van der Waals surface area contributed by atoms with E-state index in [0.717, 1.165) is 36.5 Å². The van der Waals surface area contributed by atoms with E-state index >= 15 is 0 Å². The van der Waals surface area contributed by atoms with Gasteiger partial charge in [-0.25, -0.2) is 4.98 Å². The van der Waals surface area contributed by atoms with Gasteiger partial charge in [0.1, 0.15) is 5.69 Å². The van der Waals surface area contributed by atoms with Gasteiger partial charge in [-0.2, -0.15) is 0 Å². The van der Waals surface area contributed by atoms with Crippen LogP contribution in [0, 0.1) is 13.8 Å². The molecule has 1 atom stereocenters. The molecule has 0 unspecified atom stereocenters. The summed E-state index contributed by atoms with van der Waals surface area (Å²) >= 11 is 0. The molecule has 0 radical (unpaired) electrons. The lowest BCUT2D eigenvalue weighted by atomic mass is 9.94. The second-order valence-electron chi connectivity index (χ2n) is 5.72. The van der Waals surface area contributed by atoms with E-state index in [1.54, 1.807) is 24.8 Å². The highest BCUT2D eigenvalue weighted by atomic mass is 16.2. The molecule has 2 aromatic rings. The first-order valence-corrected chi connectivity index (χ1v) is 7.50. The minimum Gasteiger partial charge on any atom is -0.337 e. The Labute approximate surface area is 129 Å². The van der Waals surface area contributed by atoms with Crippen LogP contribution in [0.3, 0.4) is 0 Å². The number of rotatable bonds is 2. The van der Waals surface area contributed by atoms with Crippen molar-refractivity contribution >= 4 is 5.91 Å². The first-order chi connectivity index (χ1) is 10.6. The first-order valence-electron chi connectivity index (χ1n) is 7.50. The topological polar surface area (TPSA) is 71.9 Å². The number of hydrogen-bond donors (Lipinski definition) is 0. The molecule has 6 nitrogen and oxygen atoms in total. The number of nitrogens with zero attached hydrogens (tertiary/aromatic N) is 5. The highest BCUT2D eigenvalue weighted by Gasteiger charge is 2.27. The summed E-state index contributed by atoms with van der Waals surface area (Å²) in [6.45, 7) is 5.20. The SMILES string of the molecule is Cc1cnc(C(=O)N2CCC[C@H](c3cncc(C)n3)C2)cn1. The molecule has 0 saturated carbocycles. The summed E-state index contributed by atoms with van der Waals surface area (Å²) in [4.78, 5) is 31.5. The second-order valence-corrected chi connectivity index (χ2v) is 5.72. The summed E-state index contributed by atoms with van der Waals surface area (Å²) in [7, 11) is 0. The van der Waals surface area contributed by atoms with Gasteiger partial charge in [-0.05, 0) is 26.7 Å². The molecule has 1 amide bonds. The van der Waals surface area contributed by atoms with E-state index in [1.807, 2.05) is 18.7 Å². The van der Waals surface area contributed by atoms with E-state index in [0.29, 0.717) is 12.2 Å². The third kappa shape index (κ3) is 3.10. The van der Waals surface area contributed by atoms with Crippen molar-refractivity contribution in [2.24, 2.45) is 0 Å². The minimum absolute atomic E-state index is 0.0576. The molecule has 1 fully saturated rings. The molecule has 1 saturated heterocycles. The number of aryl methyl sites for hydroxylation is 2. The van der Waals surface area contributed by atoms with Gasteiger partial charge in [-0.3, -0.25) is 19.7 Å². The van der Waals surface area contributed by atoms with Crippen molar-refractivity contribution < 1.29 is 4.79 Å². The van der Waals surface area contributed by atoms with Gasteiger partial charge < -0.3 is 4.90 Å². The molecule has 2 aromatic heterocycles. The Morgan fingerprint density at radius 2 is 2.00 bits per heavy atom. The Kier molecular flexibility index (Phi) is 4.09. The van der Waals surface area contributed by atoms with Gasteiger partial charge in [0.25, 0.3) is 5.91 Å². The fourth-order valence-corrected chi connectivity index (χ4v) is 2.75. The number of carbonyl (C=O) groups is 1. The van der Waals surface area contributed by atoms with Crippen molar-refractivity contribution in [2.75, 3.05) is 13.1 Å². The first kappa shape index (κ1) is 14.6. The molecule has 1 aliphatic rings. The van der Waals surface area contributed by atoms with E-state index < -0.39 is 0 Å². The molecule has 3 heterocycles. The number of amides is 1. The Hall–Kier alpha value is -2.37. The normalized spacial score (nSPS) is 18.3. The predicted molar refractivity (Wildman–Crippen MR) is 81.4 cm³/mol. The fourth-order valence-electron chi connectivity index (χ4n) is 2.75. The van der Waals surface area contributed by atoms with Crippen LogP contribution in [-0.4, -0.2) is 43.8 Å². The highest BCUT2D eigenvalue weighted by molar-refractivity contribution is 5.92. The number of piperidine rings is 1. The molecule has 22 heavy (non-hydrogen) atoms. The van der Waals surface area contributed by atoms with Crippen LogP contribution < -0.4 is 0 Å². The highest BCUT2D eigenvalue weighted by Crippen LogP contribution is 2.26. The van der Waals surface area contributed by atoms with Gasteiger partial charge in [0, 0.05) is 37.6 Å². The van der Waals surface area contributed by atoms with Crippen molar-refractivity contribution in [1.82, 2.24) is 24.8 Å². The minimum atomic E-state index is -0.0576. The number of hydrogen-bond acceptors (Lipinski definition) is 5. The Morgan fingerprint density at radius 3 is 2.73 bits per heavy atom. The zero-order valence-corrected chi connectivity index (χ0v) is 12.9. The molecule has 6 heteroatoms. The second kappa shape index (κ2) is 6.17. The van der Waals surface area contributed by atoms with Crippen LogP contribution in [0.25, 0.3) is 0 Å². The van der Waals surface area contributed by atoms with Crippen LogP contribution in [0.5, 0.6) is 0 Å². The van der Waals surface area contributed by atoms with E-state index in [4.69, 9.17) is 0 Å². The summed E-state index contributed by atoms with van der Waals surface area (Å²) in [5.74, 6) is 0.182. The van der Waals surface area contributed by atoms with Crippen molar-refractivity contribution in [2.45, 2.75) is 32.6 Å². The predicted octanol–water partition coefficient (Wildman–Crippen LogP) is 1.90. The van der Waals surface area contributed by atoms with Crippen LogP contribution in [0.4, 0.5) is 0 Å². The van der Waals surface area contributed by atoms with Crippen LogP contribution in [0.1, 0.15) is 46.3 Å². The molecule has 0 bridgehead atoms. The Bertz CT molecular complexity index is 670. The van der Waals surface area contributed by atoms with E-state index in [1.165, 1.54) is 0 Å². The summed E-state index contributed by atoms with van der Waals surface area (Å²) in [5.41, 5.74) is 3.09. The maximum atomic E-state index is 12.5. The Morgan fingerprint density at radius 1 is 1.14 bits per heavy atom. The standard InChI is InChI=1S/C16H19N5O/c1-11-7-19-15(9-18-11)16(22)21-5-3-4-13(10-21)14-8-17-6-12(2)20-14/h6-9,13H,3-5,10H2,1-2H3/t13-/m0/s1. The zero-order valence-electron chi connectivity index (χ0n) is 12.9. The van der Waals surface area contributed by atoms with Crippen molar-refractivity contribution in [3.63, 3.8) is 0 Å². The van der Waals surface area contributed by atoms with Gasteiger partial charge in [0.2, 0.25) is 0 Å². The maximum absolute atomic E-state index is 12.5. The van der Waals surface area contributed by atoms with Crippen molar-refractivity contribution in [3.05, 3.63) is 47.6 Å². The Balaban J connectivity index is 1.75. The third-order valence-electron chi connectivity index (χ3n) is 3.90. The molecule has 0 aliphatic carbocycles. The summed E-state index contributed by atoms with van der Waals surface area (Å²) in [6.07, 6.45) is 8.72. The van der Waals surface area contributed by atoms with E-state index in [9.17, 15) is 4.79 Å². The smallest absolute Gasteiger partial charge is 0.274 e. The lowest BCUT2D eigenvalue weighted by Crippen LogP contribution is -2.39. The average Bonchev–Trinajstić information content (AvgIpc) is 2.55. The summed E-state index contributed by atoms with van der Waals surface area (Å²) < 4.78 is 0. The maximum Gasteiger partial charge on any atom is 0.274 e. The van der Waals surface area contributed by atoms with Crippen LogP contribution in [0.2, 0.25) is 0 Å². The van der Waals surface area contributed by atoms with Gasteiger partial charge in [-0.15, -0.1) is 0 Å². The van der Waals surface area contributed by atoms with Gasteiger partial charge in [0.15, 0.2) is 0 Å².